The van der Waals surface area contributed by atoms with Crippen LogP contribution in [0.2, 0.25) is 0 Å². The molecule has 0 aromatic heterocycles. The molecule has 0 N–H and O–H groups in total. The second kappa shape index (κ2) is 4.09. The Kier molecular flexibility index (Phi) is 2.77. The quantitative estimate of drug-likeness (QED) is 0.732. The molecule has 3 aliphatic rings. The van der Waals surface area contributed by atoms with Crippen LogP contribution < -0.4 is 0 Å². The van der Waals surface area contributed by atoms with Gasteiger partial charge in [-0.25, -0.2) is 8.42 Å². The fraction of sp³-hybridized carbons (Fsp3) is 0.600. The average molecular weight is 264 g/mol. The van der Waals surface area contributed by atoms with Crippen molar-refractivity contribution in [3.8, 4) is 0 Å². The number of sulfone groups is 1. The summed E-state index contributed by atoms with van der Waals surface area (Å²) in [5, 5.41) is -0.408. The summed E-state index contributed by atoms with van der Waals surface area (Å²) in [5.74, 6) is 1.62. The van der Waals surface area contributed by atoms with Crippen LogP contribution in [0.15, 0.2) is 37.5 Å². The summed E-state index contributed by atoms with van der Waals surface area (Å²) in [6, 6.07) is 0. The van der Waals surface area contributed by atoms with Gasteiger partial charge in [0.2, 0.25) is 0 Å². The molecule has 0 unspecified atom stereocenters. The third-order valence-corrected chi connectivity index (χ3v) is 7.78. The van der Waals surface area contributed by atoms with Gasteiger partial charge in [0.15, 0.2) is 9.84 Å². The molecule has 0 aromatic carbocycles. The molecule has 2 fully saturated rings. The summed E-state index contributed by atoms with van der Waals surface area (Å²) in [6.45, 7) is 7.47. The van der Waals surface area contributed by atoms with Crippen LogP contribution in [0.5, 0.6) is 0 Å². The lowest BCUT2D eigenvalue weighted by molar-refractivity contribution is 0.318. The van der Waals surface area contributed by atoms with Gasteiger partial charge in [-0.15, -0.1) is 13.2 Å². The van der Waals surface area contributed by atoms with Crippen molar-refractivity contribution in [2.45, 2.75) is 29.8 Å². The minimum Gasteiger partial charge on any atom is -0.228 e. The molecule has 6 atom stereocenters. The molecule has 1 saturated heterocycles. The Bertz CT molecular complexity index is 465. The monoisotopic (exact) mass is 264 g/mol. The van der Waals surface area contributed by atoms with E-state index in [1.54, 1.807) is 12.2 Å². The summed E-state index contributed by atoms with van der Waals surface area (Å²) in [4.78, 5) is 0. The number of fused-ring (bicyclic) bond motifs is 5. The maximum absolute atomic E-state index is 12.7. The van der Waals surface area contributed by atoms with Crippen molar-refractivity contribution in [1.82, 2.24) is 0 Å². The van der Waals surface area contributed by atoms with Gasteiger partial charge < -0.3 is 0 Å². The highest BCUT2D eigenvalue weighted by Crippen LogP contribution is 2.59. The molecule has 18 heavy (non-hydrogen) atoms. The van der Waals surface area contributed by atoms with Crippen molar-refractivity contribution in [2.75, 3.05) is 0 Å². The lowest BCUT2D eigenvalue weighted by atomic mass is 9.78. The van der Waals surface area contributed by atoms with Crippen LogP contribution in [0.25, 0.3) is 0 Å². The highest BCUT2D eigenvalue weighted by Gasteiger charge is 2.61. The fourth-order valence-electron chi connectivity index (χ4n) is 4.52. The smallest absolute Gasteiger partial charge is 0.157 e. The molecule has 2 bridgehead atoms. The summed E-state index contributed by atoms with van der Waals surface area (Å²) < 4.78 is 25.4. The predicted octanol–water partition coefficient (Wildman–Crippen LogP) is 2.74. The summed E-state index contributed by atoms with van der Waals surface area (Å²) in [5.41, 5.74) is 0. The van der Waals surface area contributed by atoms with Gasteiger partial charge in [-0.2, -0.15) is 0 Å². The van der Waals surface area contributed by atoms with E-state index in [2.05, 4.69) is 25.3 Å². The highest BCUT2D eigenvalue weighted by atomic mass is 32.2. The van der Waals surface area contributed by atoms with Crippen LogP contribution in [-0.4, -0.2) is 18.9 Å². The predicted molar refractivity (Wildman–Crippen MR) is 73.8 cm³/mol. The van der Waals surface area contributed by atoms with E-state index in [-0.39, 0.29) is 10.5 Å². The van der Waals surface area contributed by atoms with Gasteiger partial charge in [0.25, 0.3) is 0 Å². The molecule has 1 saturated carbocycles. The van der Waals surface area contributed by atoms with E-state index in [9.17, 15) is 8.42 Å². The Morgan fingerprint density at radius 1 is 1.00 bits per heavy atom. The van der Waals surface area contributed by atoms with E-state index in [0.29, 0.717) is 36.5 Å². The van der Waals surface area contributed by atoms with Gasteiger partial charge in [-0.1, -0.05) is 24.3 Å². The normalized spacial score (nSPS) is 47.1. The van der Waals surface area contributed by atoms with E-state index in [4.69, 9.17) is 0 Å². The highest BCUT2D eigenvalue weighted by molar-refractivity contribution is 7.93. The number of rotatable bonds is 4. The topological polar surface area (TPSA) is 34.1 Å². The Balaban J connectivity index is 2.04. The zero-order valence-corrected chi connectivity index (χ0v) is 11.4. The van der Waals surface area contributed by atoms with Crippen LogP contribution in [0, 0.1) is 23.7 Å². The van der Waals surface area contributed by atoms with Crippen molar-refractivity contribution in [3.05, 3.63) is 37.5 Å². The van der Waals surface area contributed by atoms with Gasteiger partial charge in [0.1, 0.15) is 0 Å². The molecule has 0 radical (unpaired) electrons. The molecular formula is C15H20O2S. The van der Waals surface area contributed by atoms with Crippen molar-refractivity contribution in [3.63, 3.8) is 0 Å². The lowest BCUT2D eigenvalue weighted by Gasteiger charge is -2.24. The first-order chi connectivity index (χ1) is 8.61. The van der Waals surface area contributed by atoms with Crippen LogP contribution in [0.3, 0.4) is 0 Å². The molecule has 1 aliphatic heterocycles. The first kappa shape index (κ1) is 12.2. The summed E-state index contributed by atoms with van der Waals surface area (Å²) in [6.07, 6.45) is 10.4. The van der Waals surface area contributed by atoms with E-state index >= 15 is 0 Å². The van der Waals surface area contributed by atoms with E-state index in [0.717, 1.165) is 6.42 Å². The van der Waals surface area contributed by atoms with Crippen molar-refractivity contribution < 1.29 is 8.42 Å². The molecule has 98 valence electrons. The van der Waals surface area contributed by atoms with Crippen molar-refractivity contribution in [1.29, 1.82) is 0 Å². The molecule has 3 heteroatoms. The Labute approximate surface area is 109 Å². The zero-order valence-electron chi connectivity index (χ0n) is 10.5. The van der Waals surface area contributed by atoms with E-state index in [1.807, 2.05) is 0 Å². The molecule has 2 nitrogen and oxygen atoms in total. The molecule has 0 amide bonds. The first-order valence-electron chi connectivity index (χ1n) is 6.74. The largest absolute Gasteiger partial charge is 0.228 e. The lowest BCUT2D eigenvalue weighted by Crippen LogP contribution is -2.27. The molecule has 0 aromatic rings. The molecular weight excluding hydrogens is 244 g/mol. The Hall–Kier alpha value is -0.830. The van der Waals surface area contributed by atoms with Crippen LogP contribution in [0.1, 0.15) is 19.3 Å². The van der Waals surface area contributed by atoms with E-state index in [1.165, 1.54) is 0 Å². The van der Waals surface area contributed by atoms with Gasteiger partial charge in [-0.05, 0) is 42.9 Å². The Morgan fingerprint density at radius 2 is 1.44 bits per heavy atom. The fourth-order valence-corrected chi connectivity index (χ4v) is 7.42. The Morgan fingerprint density at radius 3 is 1.83 bits per heavy atom. The van der Waals surface area contributed by atoms with E-state index < -0.39 is 9.84 Å². The number of allylic oxidation sites excluding steroid dienone is 4. The second-order valence-electron chi connectivity index (χ2n) is 5.82. The van der Waals surface area contributed by atoms with Crippen LogP contribution >= 0.6 is 0 Å². The van der Waals surface area contributed by atoms with Gasteiger partial charge in [0.05, 0.1) is 10.5 Å². The van der Waals surface area contributed by atoms with Crippen LogP contribution in [0.4, 0.5) is 0 Å². The van der Waals surface area contributed by atoms with Gasteiger partial charge in [-0.3, -0.25) is 0 Å². The molecule has 0 spiro atoms. The van der Waals surface area contributed by atoms with Crippen molar-refractivity contribution in [2.24, 2.45) is 23.7 Å². The summed E-state index contributed by atoms with van der Waals surface area (Å²) in [7, 11) is -3.02. The standard InChI is InChI=1S/C15H20O2S/c1-3-5-12-14-10-7-8-11(9-10)15(14)13(6-4-2)18(12,16)17/h3-4,7-8,10-15H,1-2,5-6,9H2/t10-,11+,12+,13-,14+,15-. The number of hydrogen-bond acceptors (Lipinski definition) is 2. The van der Waals surface area contributed by atoms with Crippen LogP contribution in [-0.2, 0) is 9.84 Å². The molecule has 2 aliphatic carbocycles. The number of hydrogen-bond donors (Lipinski definition) is 0. The maximum Gasteiger partial charge on any atom is 0.157 e. The average Bonchev–Trinajstić information content (AvgIpc) is 2.97. The van der Waals surface area contributed by atoms with Gasteiger partial charge in [0, 0.05) is 0 Å². The zero-order chi connectivity index (χ0) is 12.9. The second-order valence-corrected chi connectivity index (χ2v) is 8.21. The van der Waals surface area contributed by atoms with Gasteiger partial charge >= 0.3 is 0 Å². The minimum atomic E-state index is -3.02. The first-order valence-corrected chi connectivity index (χ1v) is 8.35. The third kappa shape index (κ3) is 1.43. The third-order valence-electron chi connectivity index (χ3n) is 5.08. The van der Waals surface area contributed by atoms with Crippen molar-refractivity contribution >= 4 is 9.84 Å². The minimum absolute atomic E-state index is 0.204. The SMILES string of the molecule is C=CC[C@@H]1[C@@H]2[C@@H]([C@@H]3C=C[C@H]2C3)[C@H](CC=C)S1(=O)=O. The molecule has 1 heterocycles. The molecule has 3 rings (SSSR count). The summed E-state index contributed by atoms with van der Waals surface area (Å²) >= 11 is 0. The maximum atomic E-state index is 12.7.